The van der Waals surface area contributed by atoms with Crippen LogP contribution < -0.4 is 5.73 Å². The van der Waals surface area contributed by atoms with Gasteiger partial charge in [-0.25, -0.2) is 8.42 Å². The first kappa shape index (κ1) is 20.0. The zero-order chi connectivity index (χ0) is 17.2. The summed E-state index contributed by atoms with van der Waals surface area (Å²) >= 11 is 6.05. The number of sulfonamides is 1. The summed E-state index contributed by atoms with van der Waals surface area (Å²) in [7, 11) is -3.54. The van der Waals surface area contributed by atoms with Crippen LogP contribution in [0.4, 0.5) is 5.69 Å². The van der Waals surface area contributed by atoms with E-state index < -0.39 is 10.0 Å². The molecule has 0 radical (unpaired) electrons. The third-order valence-corrected chi connectivity index (χ3v) is 6.54. The number of hydrogen-bond donors (Lipinski definition) is 1. The summed E-state index contributed by atoms with van der Waals surface area (Å²) < 4.78 is 27.0. The van der Waals surface area contributed by atoms with Gasteiger partial charge < -0.3 is 5.73 Å². The number of nitrogen functional groups attached to an aromatic ring is 1. The molecule has 0 unspecified atom stereocenters. The zero-order valence-electron chi connectivity index (χ0n) is 13.6. The molecule has 1 aliphatic heterocycles. The lowest BCUT2D eigenvalue weighted by Gasteiger charge is -2.34. The molecular formula is C17H21Cl2N3O2S. The minimum Gasteiger partial charge on any atom is -0.399 e. The first-order valence-electron chi connectivity index (χ1n) is 7.78. The fourth-order valence-corrected chi connectivity index (χ4v) is 4.79. The van der Waals surface area contributed by atoms with Gasteiger partial charge in [-0.05, 0) is 29.8 Å². The molecule has 0 aromatic heterocycles. The molecular weight excluding hydrogens is 381 g/mol. The minimum atomic E-state index is -3.54. The number of nitrogens with zero attached hydrogens (tertiary/aromatic N) is 2. The predicted molar refractivity (Wildman–Crippen MR) is 104 cm³/mol. The van der Waals surface area contributed by atoms with Crippen molar-refractivity contribution in [3.05, 3.63) is 59.1 Å². The molecule has 2 N–H and O–H groups in total. The van der Waals surface area contributed by atoms with Crippen LogP contribution in [0, 0.1) is 0 Å². The number of anilines is 1. The quantitative estimate of drug-likeness (QED) is 0.799. The Kier molecular flexibility index (Phi) is 6.71. The Morgan fingerprint density at radius 2 is 1.68 bits per heavy atom. The monoisotopic (exact) mass is 401 g/mol. The van der Waals surface area contributed by atoms with Crippen LogP contribution in [-0.4, -0.2) is 43.8 Å². The van der Waals surface area contributed by atoms with E-state index in [1.165, 1.54) is 4.31 Å². The molecule has 5 nitrogen and oxygen atoms in total. The first-order valence-corrected chi connectivity index (χ1v) is 9.60. The molecule has 2 aromatic rings. The number of piperazine rings is 1. The average Bonchev–Trinajstić information content (AvgIpc) is 2.55. The Morgan fingerprint density at radius 1 is 1.00 bits per heavy atom. The van der Waals surface area contributed by atoms with E-state index in [1.54, 1.807) is 24.3 Å². The van der Waals surface area contributed by atoms with Gasteiger partial charge in [0.15, 0.2) is 0 Å². The van der Waals surface area contributed by atoms with E-state index in [2.05, 4.69) is 4.90 Å². The van der Waals surface area contributed by atoms with E-state index >= 15 is 0 Å². The smallest absolute Gasteiger partial charge is 0.244 e. The van der Waals surface area contributed by atoms with E-state index in [0.29, 0.717) is 26.2 Å². The third-order valence-electron chi connectivity index (χ3n) is 4.14. The second kappa shape index (κ2) is 8.38. The van der Waals surface area contributed by atoms with Gasteiger partial charge in [-0.15, -0.1) is 12.4 Å². The SMILES string of the molecule is Cl.Nc1cccc(CN2CCN(S(=O)(=O)c3ccccc3Cl)CC2)c1. The number of halogens is 2. The lowest BCUT2D eigenvalue weighted by molar-refractivity contribution is 0.181. The standard InChI is InChI=1S/C17H20ClN3O2S.ClH/c18-16-6-1-2-7-17(16)24(22,23)21-10-8-20(9-11-21)13-14-4-3-5-15(19)12-14;/h1-7,12H,8-11,13,19H2;1H. The summed E-state index contributed by atoms with van der Waals surface area (Å²) in [5.74, 6) is 0. The molecule has 3 rings (SSSR count). The highest BCUT2D eigenvalue weighted by atomic mass is 35.5. The molecule has 2 aromatic carbocycles. The second-order valence-electron chi connectivity index (χ2n) is 5.86. The van der Waals surface area contributed by atoms with Crippen LogP contribution in [0.5, 0.6) is 0 Å². The molecule has 25 heavy (non-hydrogen) atoms. The summed E-state index contributed by atoms with van der Waals surface area (Å²) in [4.78, 5) is 2.41. The van der Waals surface area contributed by atoms with Crippen molar-refractivity contribution in [2.75, 3.05) is 31.9 Å². The van der Waals surface area contributed by atoms with Crippen molar-refractivity contribution < 1.29 is 8.42 Å². The molecule has 0 atom stereocenters. The van der Waals surface area contributed by atoms with Gasteiger partial charge in [-0.2, -0.15) is 4.31 Å². The highest BCUT2D eigenvalue weighted by Gasteiger charge is 2.29. The molecule has 0 saturated carbocycles. The van der Waals surface area contributed by atoms with Crippen molar-refractivity contribution in [2.45, 2.75) is 11.4 Å². The number of rotatable bonds is 4. The Morgan fingerprint density at radius 3 is 2.32 bits per heavy atom. The maximum absolute atomic E-state index is 12.7. The molecule has 0 amide bonds. The fourth-order valence-electron chi connectivity index (χ4n) is 2.87. The van der Waals surface area contributed by atoms with Crippen LogP contribution in [0.25, 0.3) is 0 Å². The lowest BCUT2D eigenvalue weighted by Crippen LogP contribution is -2.48. The van der Waals surface area contributed by atoms with Crippen molar-refractivity contribution in [3.8, 4) is 0 Å². The average molecular weight is 402 g/mol. The van der Waals surface area contributed by atoms with Gasteiger partial charge >= 0.3 is 0 Å². The maximum atomic E-state index is 12.7. The highest BCUT2D eigenvalue weighted by molar-refractivity contribution is 7.89. The van der Waals surface area contributed by atoms with Crippen LogP contribution in [0.1, 0.15) is 5.56 Å². The number of benzene rings is 2. The molecule has 136 valence electrons. The molecule has 1 heterocycles. The topological polar surface area (TPSA) is 66.6 Å². The van der Waals surface area contributed by atoms with Gasteiger partial charge in [0, 0.05) is 38.4 Å². The van der Waals surface area contributed by atoms with Crippen molar-refractivity contribution in [2.24, 2.45) is 0 Å². The van der Waals surface area contributed by atoms with Gasteiger partial charge in [0.1, 0.15) is 4.90 Å². The van der Waals surface area contributed by atoms with Crippen molar-refractivity contribution in [1.29, 1.82) is 0 Å². The Bertz CT molecular complexity index is 822. The van der Waals surface area contributed by atoms with E-state index in [4.69, 9.17) is 17.3 Å². The lowest BCUT2D eigenvalue weighted by atomic mass is 10.2. The summed E-state index contributed by atoms with van der Waals surface area (Å²) in [6.07, 6.45) is 0. The Labute approximate surface area is 159 Å². The van der Waals surface area contributed by atoms with Gasteiger partial charge in [-0.1, -0.05) is 35.9 Å². The molecule has 1 aliphatic rings. The van der Waals surface area contributed by atoms with Gasteiger partial charge in [0.05, 0.1) is 5.02 Å². The van der Waals surface area contributed by atoms with Crippen LogP contribution in [0.3, 0.4) is 0 Å². The zero-order valence-corrected chi connectivity index (χ0v) is 16.0. The van der Waals surface area contributed by atoms with E-state index in [0.717, 1.165) is 17.8 Å². The first-order chi connectivity index (χ1) is 11.5. The number of hydrogen-bond acceptors (Lipinski definition) is 4. The van der Waals surface area contributed by atoms with Crippen LogP contribution in [0.2, 0.25) is 5.02 Å². The van der Waals surface area contributed by atoms with Crippen molar-refractivity contribution >= 4 is 39.7 Å². The van der Waals surface area contributed by atoms with Crippen LogP contribution >= 0.6 is 24.0 Å². The van der Waals surface area contributed by atoms with E-state index in [1.807, 2.05) is 24.3 Å². The van der Waals surface area contributed by atoms with Crippen LogP contribution in [0.15, 0.2) is 53.4 Å². The predicted octanol–water partition coefficient (Wildman–Crippen LogP) is 2.85. The van der Waals surface area contributed by atoms with Gasteiger partial charge in [0.2, 0.25) is 10.0 Å². The normalized spacial score (nSPS) is 16.4. The molecule has 0 aliphatic carbocycles. The van der Waals surface area contributed by atoms with E-state index in [9.17, 15) is 8.42 Å². The minimum absolute atomic E-state index is 0. The molecule has 8 heteroatoms. The third kappa shape index (κ3) is 4.65. The molecule has 1 fully saturated rings. The van der Waals surface area contributed by atoms with Crippen molar-refractivity contribution in [3.63, 3.8) is 0 Å². The number of nitrogens with two attached hydrogens (primary N) is 1. The Balaban J connectivity index is 0.00000225. The van der Waals surface area contributed by atoms with Crippen LogP contribution in [-0.2, 0) is 16.6 Å². The fraction of sp³-hybridized carbons (Fsp3) is 0.294. The molecule has 0 spiro atoms. The molecule has 0 bridgehead atoms. The second-order valence-corrected chi connectivity index (χ2v) is 8.17. The summed E-state index contributed by atoms with van der Waals surface area (Å²) in [6.45, 7) is 3.04. The summed E-state index contributed by atoms with van der Waals surface area (Å²) in [5.41, 5.74) is 7.68. The van der Waals surface area contributed by atoms with E-state index in [-0.39, 0.29) is 22.3 Å². The van der Waals surface area contributed by atoms with Crippen molar-refractivity contribution in [1.82, 2.24) is 9.21 Å². The summed E-state index contributed by atoms with van der Waals surface area (Å²) in [6, 6.07) is 14.3. The van der Waals surface area contributed by atoms with Gasteiger partial charge in [-0.3, -0.25) is 4.90 Å². The summed E-state index contributed by atoms with van der Waals surface area (Å²) in [5, 5.41) is 0.264. The van der Waals surface area contributed by atoms with Gasteiger partial charge in [0.25, 0.3) is 0 Å². The maximum Gasteiger partial charge on any atom is 0.244 e. The largest absolute Gasteiger partial charge is 0.399 e. The molecule has 1 saturated heterocycles. The Hall–Kier alpha value is -1.31. The highest BCUT2D eigenvalue weighted by Crippen LogP contribution is 2.25.